The van der Waals surface area contributed by atoms with E-state index in [4.69, 9.17) is 9.73 Å². The molecule has 0 fully saturated rings. The molecule has 150 valence electrons. The Morgan fingerprint density at radius 3 is 2.43 bits per heavy atom. The molecule has 0 bridgehead atoms. The van der Waals surface area contributed by atoms with Gasteiger partial charge in [-0.3, -0.25) is 14.6 Å². The highest BCUT2D eigenvalue weighted by Gasteiger charge is 2.26. The largest absolute Gasteiger partial charge is 0.497 e. The van der Waals surface area contributed by atoms with Gasteiger partial charge in [-0.1, -0.05) is 30.3 Å². The number of fused-ring (bicyclic) bond motifs is 1. The summed E-state index contributed by atoms with van der Waals surface area (Å²) in [6.07, 6.45) is 0.0969. The third kappa shape index (κ3) is 4.22. The lowest BCUT2D eigenvalue weighted by Crippen LogP contribution is -2.38. The summed E-state index contributed by atoms with van der Waals surface area (Å²) in [5.74, 6) is 0.286. The summed E-state index contributed by atoms with van der Waals surface area (Å²) in [4.78, 5) is 32.0. The van der Waals surface area contributed by atoms with E-state index in [9.17, 15) is 9.59 Å². The molecular weight excluding hydrogens is 378 g/mol. The maximum atomic E-state index is 13.1. The summed E-state index contributed by atoms with van der Waals surface area (Å²) in [7, 11) is 1.61. The number of anilines is 2. The van der Waals surface area contributed by atoms with E-state index in [0.717, 1.165) is 11.3 Å². The summed E-state index contributed by atoms with van der Waals surface area (Å²) >= 11 is 0. The van der Waals surface area contributed by atoms with Crippen LogP contribution in [0.1, 0.15) is 12.0 Å². The van der Waals surface area contributed by atoms with Crippen molar-refractivity contribution in [1.29, 1.82) is 0 Å². The van der Waals surface area contributed by atoms with Crippen molar-refractivity contribution in [1.82, 2.24) is 0 Å². The molecule has 4 rings (SSSR count). The topological polar surface area (TPSA) is 71.0 Å². The average molecular weight is 399 g/mol. The summed E-state index contributed by atoms with van der Waals surface area (Å²) < 4.78 is 5.21. The van der Waals surface area contributed by atoms with Gasteiger partial charge in [0.1, 0.15) is 12.3 Å². The Morgan fingerprint density at radius 2 is 1.70 bits per heavy atom. The number of carbonyl (C=O) groups is 2. The SMILES string of the molecule is COc1ccc(C2=Nc3ccccc3N(CC(=O)Nc3ccccc3)C(=O)C2)cc1. The lowest BCUT2D eigenvalue weighted by Gasteiger charge is -2.21. The summed E-state index contributed by atoms with van der Waals surface area (Å²) in [5.41, 5.74) is 3.46. The van der Waals surface area contributed by atoms with Crippen LogP contribution in [-0.4, -0.2) is 31.2 Å². The zero-order valence-electron chi connectivity index (χ0n) is 16.5. The number of aliphatic imine (C=N–C) groups is 1. The second-order valence-electron chi connectivity index (χ2n) is 6.85. The minimum Gasteiger partial charge on any atom is -0.497 e. The lowest BCUT2D eigenvalue weighted by atomic mass is 10.1. The van der Waals surface area contributed by atoms with Crippen molar-refractivity contribution in [2.45, 2.75) is 6.42 Å². The minimum atomic E-state index is -0.266. The number of benzene rings is 3. The van der Waals surface area contributed by atoms with Crippen LogP contribution in [0.15, 0.2) is 83.9 Å². The first-order chi connectivity index (χ1) is 14.6. The first-order valence-corrected chi connectivity index (χ1v) is 9.60. The van der Waals surface area contributed by atoms with E-state index in [2.05, 4.69) is 5.32 Å². The molecule has 6 nitrogen and oxygen atoms in total. The van der Waals surface area contributed by atoms with E-state index in [0.29, 0.717) is 22.8 Å². The first kappa shape index (κ1) is 19.4. The van der Waals surface area contributed by atoms with Gasteiger partial charge in [0, 0.05) is 5.69 Å². The van der Waals surface area contributed by atoms with Gasteiger partial charge in [0.05, 0.1) is 30.6 Å². The quantitative estimate of drug-likeness (QED) is 0.699. The number of hydrogen-bond donors (Lipinski definition) is 1. The van der Waals surface area contributed by atoms with E-state index < -0.39 is 0 Å². The average Bonchev–Trinajstić information content (AvgIpc) is 2.91. The van der Waals surface area contributed by atoms with E-state index >= 15 is 0 Å². The fraction of sp³-hybridized carbons (Fsp3) is 0.125. The van der Waals surface area contributed by atoms with Crippen molar-refractivity contribution in [2.75, 3.05) is 23.9 Å². The summed E-state index contributed by atoms with van der Waals surface area (Å²) in [6, 6.07) is 24.0. The molecule has 0 atom stereocenters. The lowest BCUT2D eigenvalue weighted by molar-refractivity contribution is -0.120. The standard InChI is InChI=1S/C24H21N3O3/c1-30-19-13-11-17(12-14-19)21-15-24(29)27(22-10-6-5-9-20(22)26-21)16-23(28)25-18-7-3-2-4-8-18/h2-14H,15-16H2,1H3,(H,25,28). The van der Waals surface area contributed by atoms with Gasteiger partial charge in [-0.2, -0.15) is 0 Å². The zero-order valence-corrected chi connectivity index (χ0v) is 16.5. The van der Waals surface area contributed by atoms with Gasteiger partial charge < -0.3 is 15.0 Å². The second-order valence-corrected chi connectivity index (χ2v) is 6.85. The molecule has 0 aliphatic carbocycles. The van der Waals surface area contributed by atoms with Gasteiger partial charge in [-0.25, -0.2) is 0 Å². The third-order valence-electron chi connectivity index (χ3n) is 4.83. The predicted molar refractivity (Wildman–Crippen MR) is 118 cm³/mol. The van der Waals surface area contributed by atoms with Crippen LogP contribution in [0, 0.1) is 0 Å². The Hall–Kier alpha value is -3.93. The molecule has 1 aliphatic heterocycles. The highest BCUT2D eigenvalue weighted by Crippen LogP contribution is 2.33. The summed E-state index contributed by atoms with van der Waals surface area (Å²) in [6.45, 7) is -0.0871. The highest BCUT2D eigenvalue weighted by atomic mass is 16.5. The monoisotopic (exact) mass is 399 g/mol. The second kappa shape index (κ2) is 8.61. The van der Waals surface area contributed by atoms with E-state index in [1.165, 1.54) is 4.90 Å². The van der Waals surface area contributed by atoms with Crippen LogP contribution in [0.4, 0.5) is 17.1 Å². The number of nitrogens with one attached hydrogen (secondary N) is 1. The Labute approximate surface area is 174 Å². The predicted octanol–water partition coefficient (Wildman–Crippen LogP) is 4.19. The number of para-hydroxylation sites is 3. The van der Waals surface area contributed by atoms with Gasteiger partial charge in [0.25, 0.3) is 0 Å². The number of amides is 2. The Balaban J connectivity index is 1.61. The molecule has 2 amide bonds. The van der Waals surface area contributed by atoms with Crippen LogP contribution in [0.25, 0.3) is 0 Å². The van der Waals surface area contributed by atoms with Crippen LogP contribution in [0.3, 0.4) is 0 Å². The van der Waals surface area contributed by atoms with Crippen molar-refractivity contribution in [2.24, 2.45) is 4.99 Å². The van der Waals surface area contributed by atoms with Crippen molar-refractivity contribution in [3.8, 4) is 5.75 Å². The van der Waals surface area contributed by atoms with Crippen molar-refractivity contribution in [3.05, 3.63) is 84.4 Å². The molecule has 0 radical (unpaired) electrons. The van der Waals surface area contributed by atoms with Crippen molar-refractivity contribution < 1.29 is 14.3 Å². The fourth-order valence-corrected chi connectivity index (χ4v) is 3.33. The molecular formula is C24H21N3O3. The number of methoxy groups -OCH3 is 1. The molecule has 1 aliphatic rings. The molecule has 30 heavy (non-hydrogen) atoms. The maximum absolute atomic E-state index is 13.1. The normalized spacial score (nSPS) is 13.2. The zero-order chi connectivity index (χ0) is 20.9. The Kier molecular flexibility index (Phi) is 5.57. The van der Waals surface area contributed by atoms with Crippen LogP contribution < -0.4 is 15.0 Å². The summed E-state index contributed by atoms with van der Waals surface area (Å²) in [5, 5.41) is 2.83. The molecule has 0 unspecified atom stereocenters. The Morgan fingerprint density at radius 1 is 1.00 bits per heavy atom. The molecule has 0 spiro atoms. The number of carbonyl (C=O) groups excluding carboxylic acids is 2. The molecule has 3 aromatic rings. The van der Waals surface area contributed by atoms with Crippen LogP contribution in [-0.2, 0) is 9.59 Å². The molecule has 0 aromatic heterocycles. The van der Waals surface area contributed by atoms with Crippen LogP contribution in [0.5, 0.6) is 5.75 Å². The van der Waals surface area contributed by atoms with Gasteiger partial charge in [0.15, 0.2) is 0 Å². The highest BCUT2D eigenvalue weighted by molar-refractivity contribution is 6.19. The number of hydrogen-bond acceptors (Lipinski definition) is 4. The minimum absolute atomic E-state index is 0.0871. The number of nitrogens with zero attached hydrogens (tertiary/aromatic N) is 2. The smallest absolute Gasteiger partial charge is 0.244 e. The first-order valence-electron chi connectivity index (χ1n) is 9.60. The fourth-order valence-electron chi connectivity index (χ4n) is 3.33. The van der Waals surface area contributed by atoms with E-state index in [-0.39, 0.29) is 24.8 Å². The molecule has 1 heterocycles. The molecule has 3 aromatic carbocycles. The van der Waals surface area contributed by atoms with E-state index in [1.807, 2.05) is 66.7 Å². The van der Waals surface area contributed by atoms with Crippen LogP contribution >= 0.6 is 0 Å². The number of ether oxygens (including phenoxy) is 1. The number of rotatable bonds is 5. The maximum Gasteiger partial charge on any atom is 0.244 e. The molecule has 6 heteroatoms. The van der Waals surface area contributed by atoms with Gasteiger partial charge in [0.2, 0.25) is 11.8 Å². The Bertz CT molecular complexity index is 1090. The van der Waals surface area contributed by atoms with Crippen molar-refractivity contribution >= 4 is 34.6 Å². The van der Waals surface area contributed by atoms with Crippen molar-refractivity contribution in [3.63, 3.8) is 0 Å². The molecule has 0 saturated heterocycles. The molecule has 0 saturated carbocycles. The third-order valence-corrected chi connectivity index (χ3v) is 4.83. The molecule has 1 N–H and O–H groups in total. The van der Waals surface area contributed by atoms with Gasteiger partial charge in [-0.05, 0) is 54.1 Å². The van der Waals surface area contributed by atoms with E-state index in [1.54, 1.807) is 19.2 Å². The van der Waals surface area contributed by atoms with Crippen LogP contribution in [0.2, 0.25) is 0 Å². The van der Waals surface area contributed by atoms with Gasteiger partial charge in [-0.15, -0.1) is 0 Å². The van der Waals surface area contributed by atoms with Gasteiger partial charge >= 0.3 is 0 Å².